The Morgan fingerprint density at radius 1 is 1.53 bits per heavy atom. The third-order valence-corrected chi connectivity index (χ3v) is 2.50. The third kappa shape index (κ3) is 2.69. The van der Waals surface area contributed by atoms with Crippen LogP contribution in [0.1, 0.15) is 30.4 Å². The van der Waals surface area contributed by atoms with Crippen molar-refractivity contribution in [1.29, 1.82) is 0 Å². The number of hydrogen-bond acceptors (Lipinski definition) is 1. The zero-order chi connectivity index (χ0) is 11.3. The van der Waals surface area contributed by atoms with E-state index in [9.17, 15) is 4.79 Å². The lowest BCUT2D eigenvalue weighted by Gasteiger charge is -2.14. The van der Waals surface area contributed by atoms with Crippen molar-refractivity contribution in [3.63, 3.8) is 0 Å². The first-order valence-electron chi connectivity index (χ1n) is 5.12. The van der Waals surface area contributed by atoms with Gasteiger partial charge in [0.25, 0.3) is 0 Å². The second-order valence-corrected chi connectivity index (χ2v) is 3.49. The van der Waals surface area contributed by atoms with Crippen LogP contribution in [0.2, 0.25) is 0 Å². The molecule has 0 saturated heterocycles. The third-order valence-electron chi connectivity index (χ3n) is 2.50. The predicted octanol–water partition coefficient (Wildman–Crippen LogP) is 2.99. The molecule has 0 bridgehead atoms. The van der Waals surface area contributed by atoms with Crippen molar-refractivity contribution in [2.24, 2.45) is 0 Å². The molecule has 1 atom stereocenters. The summed E-state index contributed by atoms with van der Waals surface area (Å²) in [5.41, 5.74) is 1.97. The molecule has 1 aromatic carbocycles. The monoisotopic (exact) mass is 204 g/mol. The largest absolute Gasteiger partial charge is 0.481 e. The van der Waals surface area contributed by atoms with Crippen LogP contribution in [0.4, 0.5) is 0 Å². The van der Waals surface area contributed by atoms with Crippen LogP contribution in [0.3, 0.4) is 0 Å². The molecule has 0 heterocycles. The van der Waals surface area contributed by atoms with Gasteiger partial charge in [-0.05, 0) is 24.0 Å². The van der Waals surface area contributed by atoms with Gasteiger partial charge in [0.05, 0.1) is 5.92 Å². The van der Waals surface area contributed by atoms with E-state index in [0.29, 0.717) is 6.42 Å². The SMILES string of the molecule is C=CCc1ccccc1C(CC)C(=O)O. The molecule has 0 spiro atoms. The number of carbonyl (C=O) groups is 1. The summed E-state index contributed by atoms with van der Waals surface area (Å²) >= 11 is 0. The van der Waals surface area contributed by atoms with E-state index < -0.39 is 11.9 Å². The molecule has 2 heteroatoms. The number of hydrogen-bond donors (Lipinski definition) is 1. The number of rotatable bonds is 5. The highest BCUT2D eigenvalue weighted by Crippen LogP contribution is 2.24. The van der Waals surface area contributed by atoms with Gasteiger partial charge in [-0.1, -0.05) is 37.3 Å². The first-order valence-corrected chi connectivity index (χ1v) is 5.12. The Bertz CT molecular complexity index is 355. The molecule has 0 aromatic heterocycles. The van der Waals surface area contributed by atoms with E-state index in [0.717, 1.165) is 17.5 Å². The predicted molar refractivity (Wildman–Crippen MR) is 61.0 cm³/mol. The fourth-order valence-corrected chi connectivity index (χ4v) is 1.74. The highest BCUT2D eigenvalue weighted by molar-refractivity contribution is 5.76. The molecule has 0 saturated carbocycles. The summed E-state index contributed by atoms with van der Waals surface area (Å²) in [5, 5.41) is 9.09. The fourth-order valence-electron chi connectivity index (χ4n) is 1.74. The first kappa shape index (κ1) is 11.5. The quantitative estimate of drug-likeness (QED) is 0.748. The van der Waals surface area contributed by atoms with Crippen molar-refractivity contribution in [3.05, 3.63) is 48.0 Å². The van der Waals surface area contributed by atoms with Gasteiger partial charge in [-0.3, -0.25) is 4.79 Å². The topological polar surface area (TPSA) is 37.3 Å². The zero-order valence-corrected chi connectivity index (χ0v) is 8.94. The Hall–Kier alpha value is -1.57. The van der Waals surface area contributed by atoms with Crippen molar-refractivity contribution in [2.75, 3.05) is 0 Å². The van der Waals surface area contributed by atoms with E-state index in [1.807, 2.05) is 31.2 Å². The van der Waals surface area contributed by atoms with Crippen LogP contribution in [0.5, 0.6) is 0 Å². The molecular formula is C13H16O2. The first-order chi connectivity index (χ1) is 7.20. The molecule has 80 valence electrons. The Labute approximate surface area is 90.3 Å². The Kier molecular flexibility index (Phi) is 4.10. The minimum atomic E-state index is -0.756. The average molecular weight is 204 g/mol. The number of benzene rings is 1. The molecule has 1 unspecified atom stereocenters. The van der Waals surface area contributed by atoms with Crippen molar-refractivity contribution in [1.82, 2.24) is 0 Å². The number of carboxylic acids is 1. The lowest BCUT2D eigenvalue weighted by molar-refractivity contribution is -0.138. The molecule has 2 nitrogen and oxygen atoms in total. The average Bonchev–Trinajstić information content (AvgIpc) is 2.21. The molecule has 0 aliphatic heterocycles. The summed E-state index contributed by atoms with van der Waals surface area (Å²) in [6.07, 6.45) is 3.14. The van der Waals surface area contributed by atoms with Crippen LogP contribution >= 0.6 is 0 Å². The maximum atomic E-state index is 11.1. The standard InChI is InChI=1S/C13H16O2/c1-3-7-10-8-5-6-9-12(10)11(4-2)13(14)15/h3,5-6,8-9,11H,1,4,7H2,2H3,(H,14,15). The summed E-state index contributed by atoms with van der Waals surface area (Å²) in [5.74, 6) is -1.16. The van der Waals surface area contributed by atoms with E-state index in [1.165, 1.54) is 0 Å². The molecule has 0 aliphatic rings. The fraction of sp³-hybridized carbons (Fsp3) is 0.308. The van der Waals surface area contributed by atoms with Gasteiger partial charge in [-0.25, -0.2) is 0 Å². The van der Waals surface area contributed by atoms with Gasteiger partial charge in [0, 0.05) is 0 Å². The minimum Gasteiger partial charge on any atom is -0.481 e. The Morgan fingerprint density at radius 2 is 2.20 bits per heavy atom. The number of carboxylic acid groups (broad SMARTS) is 1. The summed E-state index contributed by atoms with van der Waals surface area (Å²) < 4.78 is 0. The Balaban J connectivity index is 3.09. The number of aliphatic carboxylic acids is 1. The van der Waals surface area contributed by atoms with Crippen molar-refractivity contribution in [2.45, 2.75) is 25.7 Å². The smallest absolute Gasteiger partial charge is 0.310 e. The molecule has 0 aliphatic carbocycles. The molecule has 1 rings (SSSR count). The normalized spacial score (nSPS) is 12.1. The Morgan fingerprint density at radius 3 is 2.73 bits per heavy atom. The van der Waals surface area contributed by atoms with E-state index in [-0.39, 0.29) is 0 Å². The van der Waals surface area contributed by atoms with Crippen LogP contribution in [0.15, 0.2) is 36.9 Å². The second-order valence-electron chi connectivity index (χ2n) is 3.49. The lowest BCUT2D eigenvalue weighted by Crippen LogP contribution is -2.12. The summed E-state index contributed by atoms with van der Waals surface area (Å²) in [6.45, 7) is 5.57. The molecule has 15 heavy (non-hydrogen) atoms. The maximum Gasteiger partial charge on any atom is 0.310 e. The van der Waals surface area contributed by atoms with E-state index in [1.54, 1.807) is 6.08 Å². The van der Waals surface area contributed by atoms with Crippen LogP contribution in [0.25, 0.3) is 0 Å². The van der Waals surface area contributed by atoms with Crippen molar-refractivity contribution in [3.8, 4) is 0 Å². The van der Waals surface area contributed by atoms with Gasteiger partial charge in [-0.15, -0.1) is 6.58 Å². The van der Waals surface area contributed by atoms with Crippen molar-refractivity contribution < 1.29 is 9.90 Å². The van der Waals surface area contributed by atoms with Gasteiger partial charge >= 0.3 is 5.97 Å². The molecule has 1 aromatic rings. The van der Waals surface area contributed by atoms with E-state index in [2.05, 4.69) is 6.58 Å². The molecule has 0 radical (unpaired) electrons. The van der Waals surface area contributed by atoms with Crippen molar-refractivity contribution >= 4 is 5.97 Å². The highest BCUT2D eigenvalue weighted by atomic mass is 16.4. The van der Waals surface area contributed by atoms with E-state index in [4.69, 9.17) is 5.11 Å². The van der Waals surface area contributed by atoms with Gasteiger partial charge < -0.3 is 5.11 Å². The summed E-state index contributed by atoms with van der Waals surface area (Å²) in [6, 6.07) is 7.66. The highest BCUT2D eigenvalue weighted by Gasteiger charge is 2.19. The van der Waals surface area contributed by atoms with Gasteiger partial charge in [-0.2, -0.15) is 0 Å². The zero-order valence-electron chi connectivity index (χ0n) is 8.94. The van der Waals surface area contributed by atoms with Crippen LogP contribution < -0.4 is 0 Å². The second kappa shape index (κ2) is 5.35. The van der Waals surface area contributed by atoms with Gasteiger partial charge in [0.1, 0.15) is 0 Å². The van der Waals surface area contributed by atoms with Crippen LogP contribution in [-0.4, -0.2) is 11.1 Å². The summed E-state index contributed by atoms with van der Waals surface area (Å²) in [4.78, 5) is 11.1. The van der Waals surface area contributed by atoms with Gasteiger partial charge in [0.15, 0.2) is 0 Å². The summed E-state index contributed by atoms with van der Waals surface area (Å²) in [7, 11) is 0. The molecule has 1 N–H and O–H groups in total. The van der Waals surface area contributed by atoms with Gasteiger partial charge in [0.2, 0.25) is 0 Å². The number of allylic oxidation sites excluding steroid dienone is 1. The molecule has 0 amide bonds. The van der Waals surface area contributed by atoms with Crippen LogP contribution in [0, 0.1) is 0 Å². The minimum absolute atomic E-state index is 0.402. The van der Waals surface area contributed by atoms with Crippen LogP contribution in [-0.2, 0) is 11.2 Å². The van der Waals surface area contributed by atoms with E-state index >= 15 is 0 Å². The molecule has 0 fully saturated rings. The lowest BCUT2D eigenvalue weighted by atomic mass is 9.91. The molecular weight excluding hydrogens is 188 g/mol. The maximum absolute atomic E-state index is 11.1.